The van der Waals surface area contributed by atoms with Gasteiger partial charge in [0.2, 0.25) is 0 Å². The lowest BCUT2D eigenvalue weighted by atomic mass is 10.0. The highest BCUT2D eigenvalue weighted by Gasteiger charge is 2.22. The van der Waals surface area contributed by atoms with Crippen molar-refractivity contribution >= 4 is 11.8 Å². The second-order valence-electron chi connectivity index (χ2n) is 4.44. The van der Waals surface area contributed by atoms with Crippen LogP contribution in [0.5, 0.6) is 0 Å². The normalized spacial score (nSPS) is 21.0. The fourth-order valence-electron chi connectivity index (χ4n) is 2.07. The predicted molar refractivity (Wildman–Crippen MR) is 68.8 cm³/mol. The Hall–Kier alpha value is -0.580. The summed E-state index contributed by atoms with van der Waals surface area (Å²) in [5.74, 6) is 0.829. The van der Waals surface area contributed by atoms with Crippen LogP contribution in [-0.4, -0.2) is 23.5 Å². The molecule has 0 aromatic heterocycles. The van der Waals surface area contributed by atoms with Gasteiger partial charge in [-0.15, -0.1) is 11.8 Å². The minimum absolute atomic E-state index is 0.116. The summed E-state index contributed by atoms with van der Waals surface area (Å²) in [7, 11) is 0. The summed E-state index contributed by atoms with van der Waals surface area (Å²) in [6, 6.07) is 5.50. The molecule has 1 aliphatic rings. The van der Waals surface area contributed by atoms with E-state index in [2.05, 4.69) is 5.32 Å². The second kappa shape index (κ2) is 5.85. The molecule has 0 spiro atoms. The molecule has 0 amide bonds. The molecule has 2 unspecified atom stereocenters. The number of hydrogen-bond donors (Lipinski definition) is 2. The summed E-state index contributed by atoms with van der Waals surface area (Å²) >= 11 is 1.59. The second-order valence-corrected chi connectivity index (χ2v) is 5.54. The van der Waals surface area contributed by atoms with E-state index in [1.54, 1.807) is 24.8 Å². The molecule has 1 aliphatic heterocycles. The molecular weight excluding hydrogens is 237 g/mol. The fraction of sp³-hybridized carbons (Fsp3) is 0.538. The quantitative estimate of drug-likeness (QED) is 0.867. The van der Waals surface area contributed by atoms with Gasteiger partial charge >= 0.3 is 0 Å². The molecule has 0 saturated heterocycles. The van der Waals surface area contributed by atoms with Crippen LogP contribution >= 0.6 is 11.8 Å². The summed E-state index contributed by atoms with van der Waals surface area (Å²) in [4.78, 5) is 0.785. The van der Waals surface area contributed by atoms with Gasteiger partial charge in [-0.2, -0.15) is 0 Å². The molecule has 17 heavy (non-hydrogen) atoms. The third-order valence-corrected chi connectivity index (χ3v) is 4.14. The largest absolute Gasteiger partial charge is 0.393 e. The Morgan fingerprint density at radius 1 is 1.59 bits per heavy atom. The van der Waals surface area contributed by atoms with Gasteiger partial charge in [-0.05, 0) is 43.7 Å². The van der Waals surface area contributed by atoms with Gasteiger partial charge in [0.25, 0.3) is 0 Å². The maximum Gasteiger partial charge on any atom is 0.137 e. The summed E-state index contributed by atoms with van der Waals surface area (Å²) in [5.41, 5.74) is 1.06. The van der Waals surface area contributed by atoms with Gasteiger partial charge in [0.15, 0.2) is 0 Å². The average molecular weight is 255 g/mol. The first kappa shape index (κ1) is 12.9. The number of rotatable bonds is 4. The topological polar surface area (TPSA) is 32.3 Å². The van der Waals surface area contributed by atoms with Gasteiger partial charge < -0.3 is 10.4 Å². The molecule has 2 atom stereocenters. The van der Waals surface area contributed by atoms with E-state index in [9.17, 15) is 9.50 Å². The molecule has 1 heterocycles. The van der Waals surface area contributed by atoms with E-state index in [1.807, 2.05) is 6.07 Å². The Balaban J connectivity index is 2.04. The molecule has 1 aromatic rings. The molecule has 0 fully saturated rings. The Morgan fingerprint density at radius 3 is 3.18 bits per heavy atom. The first-order valence-corrected chi connectivity index (χ1v) is 6.99. The highest BCUT2D eigenvalue weighted by Crippen LogP contribution is 2.37. The zero-order valence-electron chi connectivity index (χ0n) is 9.95. The SMILES string of the molecule is CC(O)CCNC1CCSc2c(F)cccc21. The van der Waals surface area contributed by atoms with Crippen molar-refractivity contribution in [1.29, 1.82) is 0 Å². The van der Waals surface area contributed by atoms with Crippen molar-refractivity contribution < 1.29 is 9.50 Å². The number of benzene rings is 1. The van der Waals surface area contributed by atoms with E-state index in [-0.39, 0.29) is 18.0 Å². The molecule has 0 bridgehead atoms. The molecule has 2 N–H and O–H groups in total. The lowest BCUT2D eigenvalue weighted by Crippen LogP contribution is -2.27. The van der Waals surface area contributed by atoms with Crippen molar-refractivity contribution in [2.24, 2.45) is 0 Å². The average Bonchev–Trinajstić information content (AvgIpc) is 2.30. The number of hydrogen-bond acceptors (Lipinski definition) is 3. The summed E-state index contributed by atoms with van der Waals surface area (Å²) in [6.07, 6.45) is 1.46. The molecule has 0 saturated carbocycles. The third kappa shape index (κ3) is 3.21. The molecule has 0 radical (unpaired) electrons. The summed E-state index contributed by atoms with van der Waals surface area (Å²) in [5, 5.41) is 12.6. The Bertz CT molecular complexity index is 384. The highest BCUT2D eigenvalue weighted by molar-refractivity contribution is 7.99. The predicted octanol–water partition coefficient (Wildman–Crippen LogP) is 2.72. The van der Waals surface area contributed by atoms with E-state index in [0.717, 1.165) is 35.6 Å². The first-order chi connectivity index (χ1) is 8.18. The van der Waals surface area contributed by atoms with Crippen LogP contribution in [0.2, 0.25) is 0 Å². The van der Waals surface area contributed by atoms with Crippen LogP contribution in [0.4, 0.5) is 4.39 Å². The number of thioether (sulfide) groups is 1. The molecule has 4 heteroatoms. The molecule has 94 valence electrons. The zero-order valence-corrected chi connectivity index (χ0v) is 10.8. The highest BCUT2D eigenvalue weighted by atomic mass is 32.2. The number of aliphatic hydroxyl groups is 1. The van der Waals surface area contributed by atoms with Crippen molar-refractivity contribution in [3.8, 4) is 0 Å². The van der Waals surface area contributed by atoms with Gasteiger partial charge in [0, 0.05) is 10.9 Å². The Morgan fingerprint density at radius 2 is 2.41 bits per heavy atom. The van der Waals surface area contributed by atoms with Crippen LogP contribution in [-0.2, 0) is 0 Å². The van der Waals surface area contributed by atoms with Gasteiger partial charge in [-0.3, -0.25) is 0 Å². The van der Waals surface area contributed by atoms with E-state index in [1.165, 1.54) is 6.07 Å². The standard InChI is InChI=1S/C13H18FNOS/c1-9(16)5-7-15-12-6-8-17-13-10(12)3-2-4-11(13)14/h2-4,9,12,15-16H,5-8H2,1H3. The number of aliphatic hydroxyl groups excluding tert-OH is 1. The Labute approximate surface area is 106 Å². The van der Waals surface area contributed by atoms with E-state index in [0.29, 0.717) is 0 Å². The van der Waals surface area contributed by atoms with Crippen molar-refractivity contribution in [2.75, 3.05) is 12.3 Å². The van der Waals surface area contributed by atoms with Crippen molar-refractivity contribution in [1.82, 2.24) is 5.32 Å². The van der Waals surface area contributed by atoms with Crippen LogP contribution < -0.4 is 5.32 Å². The zero-order chi connectivity index (χ0) is 12.3. The lowest BCUT2D eigenvalue weighted by molar-refractivity contribution is 0.182. The van der Waals surface area contributed by atoms with Crippen molar-refractivity contribution in [3.05, 3.63) is 29.6 Å². The van der Waals surface area contributed by atoms with Crippen molar-refractivity contribution in [3.63, 3.8) is 0 Å². The maximum absolute atomic E-state index is 13.6. The molecule has 1 aromatic carbocycles. The van der Waals surface area contributed by atoms with Gasteiger partial charge in [0.05, 0.1) is 6.10 Å². The number of fused-ring (bicyclic) bond motifs is 1. The summed E-state index contributed by atoms with van der Waals surface area (Å²) in [6.45, 7) is 2.55. The van der Waals surface area contributed by atoms with Crippen LogP contribution in [0.3, 0.4) is 0 Å². The summed E-state index contributed by atoms with van der Waals surface area (Å²) < 4.78 is 13.6. The smallest absolute Gasteiger partial charge is 0.137 e. The minimum atomic E-state index is -0.285. The monoisotopic (exact) mass is 255 g/mol. The first-order valence-electron chi connectivity index (χ1n) is 6.01. The van der Waals surface area contributed by atoms with Crippen LogP contribution in [0.1, 0.15) is 31.4 Å². The Kier molecular flexibility index (Phi) is 4.42. The molecule has 0 aliphatic carbocycles. The molecule has 2 nitrogen and oxygen atoms in total. The van der Waals surface area contributed by atoms with Crippen LogP contribution in [0.15, 0.2) is 23.1 Å². The van der Waals surface area contributed by atoms with Gasteiger partial charge in [0.1, 0.15) is 5.82 Å². The van der Waals surface area contributed by atoms with Crippen LogP contribution in [0, 0.1) is 5.82 Å². The third-order valence-electron chi connectivity index (χ3n) is 2.98. The number of nitrogens with one attached hydrogen (secondary N) is 1. The van der Waals surface area contributed by atoms with Gasteiger partial charge in [-0.25, -0.2) is 4.39 Å². The number of halogens is 1. The fourth-order valence-corrected chi connectivity index (χ4v) is 3.21. The van der Waals surface area contributed by atoms with E-state index in [4.69, 9.17) is 0 Å². The lowest BCUT2D eigenvalue weighted by Gasteiger charge is -2.26. The maximum atomic E-state index is 13.6. The van der Waals surface area contributed by atoms with E-state index < -0.39 is 0 Å². The molecular formula is C13H18FNOS. The van der Waals surface area contributed by atoms with Crippen molar-refractivity contribution in [2.45, 2.75) is 36.8 Å². The molecule has 2 rings (SSSR count). The van der Waals surface area contributed by atoms with Crippen LogP contribution in [0.25, 0.3) is 0 Å². The van der Waals surface area contributed by atoms with E-state index >= 15 is 0 Å². The van der Waals surface area contributed by atoms with Gasteiger partial charge in [-0.1, -0.05) is 12.1 Å². The minimum Gasteiger partial charge on any atom is -0.393 e.